The molecule has 1 saturated carbocycles. The van der Waals surface area contributed by atoms with Gasteiger partial charge in [0, 0.05) is 11.4 Å². The number of anilines is 2. The summed E-state index contributed by atoms with van der Waals surface area (Å²) in [7, 11) is 0. The van der Waals surface area contributed by atoms with Crippen LogP contribution in [0, 0.1) is 11.2 Å². The lowest BCUT2D eigenvalue weighted by Gasteiger charge is -2.18. The van der Waals surface area contributed by atoms with Crippen LogP contribution in [0.2, 0.25) is 0 Å². The normalized spacial score (nSPS) is 14.9. The highest BCUT2D eigenvalue weighted by Gasteiger charge is 2.56. The number of nitrogens with one attached hydrogen (secondary N) is 2. The molecule has 0 radical (unpaired) electrons. The van der Waals surface area contributed by atoms with Crippen molar-refractivity contribution in [3.8, 4) is 0 Å². The molecule has 0 bridgehead atoms. The molecule has 0 atom stereocenters. The summed E-state index contributed by atoms with van der Waals surface area (Å²) >= 11 is 0. The molecule has 5 heteroatoms. The van der Waals surface area contributed by atoms with Gasteiger partial charge in [0.25, 0.3) is 0 Å². The second-order valence-electron chi connectivity index (χ2n) is 6.74. The van der Waals surface area contributed by atoms with Crippen LogP contribution < -0.4 is 10.6 Å². The first kappa shape index (κ1) is 17.1. The maximum Gasteiger partial charge on any atom is 0.240 e. The zero-order valence-corrected chi connectivity index (χ0v) is 14.3. The summed E-state index contributed by atoms with van der Waals surface area (Å²) in [5.74, 6) is -0.877. The van der Waals surface area contributed by atoms with Crippen LogP contribution in [0.4, 0.5) is 15.8 Å². The molecule has 1 aliphatic carbocycles. The van der Waals surface area contributed by atoms with Gasteiger partial charge in [0.05, 0.1) is 0 Å². The molecule has 0 heterocycles. The van der Waals surface area contributed by atoms with Gasteiger partial charge in [-0.25, -0.2) is 4.39 Å². The number of benzene rings is 2. The number of hydrogen-bond donors (Lipinski definition) is 2. The van der Waals surface area contributed by atoms with Crippen LogP contribution in [0.1, 0.15) is 38.2 Å². The first-order chi connectivity index (χ1) is 11.9. The summed E-state index contributed by atoms with van der Waals surface area (Å²) in [6, 6.07) is 13.2. The molecule has 0 saturated heterocycles. The summed E-state index contributed by atoms with van der Waals surface area (Å²) in [5, 5.41) is 5.55. The summed E-state index contributed by atoms with van der Waals surface area (Å²) in [4.78, 5) is 25.3. The molecule has 1 aliphatic rings. The largest absolute Gasteiger partial charge is 0.325 e. The number of hydrogen-bond acceptors (Lipinski definition) is 2. The molecule has 2 amide bonds. The van der Waals surface area contributed by atoms with E-state index in [4.69, 9.17) is 0 Å². The molecule has 0 aromatic heterocycles. The third kappa shape index (κ3) is 3.55. The molecule has 0 aliphatic heterocycles. The van der Waals surface area contributed by atoms with E-state index in [1.807, 2.05) is 24.3 Å². The molecule has 0 spiro atoms. The fourth-order valence-corrected chi connectivity index (χ4v) is 2.86. The smallest absolute Gasteiger partial charge is 0.240 e. The summed E-state index contributed by atoms with van der Waals surface area (Å²) in [6.45, 7) is 4.10. The van der Waals surface area contributed by atoms with E-state index < -0.39 is 17.1 Å². The third-order valence-corrected chi connectivity index (χ3v) is 4.53. The van der Waals surface area contributed by atoms with Crippen molar-refractivity contribution in [2.75, 3.05) is 10.6 Å². The predicted octanol–water partition coefficient (Wildman–Crippen LogP) is 4.31. The Bertz CT molecular complexity index is 813. The number of halogens is 1. The highest BCUT2D eigenvalue weighted by atomic mass is 19.1. The van der Waals surface area contributed by atoms with Gasteiger partial charge in [-0.05, 0) is 48.6 Å². The van der Waals surface area contributed by atoms with Gasteiger partial charge in [0.2, 0.25) is 11.8 Å². The minimum absolute atomic E-state index is 0.257. The zero-order valence-electron chi connectivity index (χ0n) is 14.3. The number of para-hydroxylation sites is 1. The van der Waals surface area contributed by atoms with E-state index in [2.05, 4.69) is 24.5 Å². The molecule has 2 N–H and O–H groups in total. The van der Waals surface area contributed by atoms with Crippen molar-refractivity contribution in [1.29, 1.82) is 0 Å². The van der Waals surface area contributed by atoms with Gasteiger partial charge in [-0.3, -0.25) is 9.59 Å². The molecule has 3 rings (SSSR count). The van der Waals surface area contributed by atoms with Gasteiger partial charge in [-0.15, -0.1) is 0 Å². The van der Waals surface area contributed by atoms with E-state index in [0.717, 1.165) is 11.3 Å². The highest BCUT2D eigenvalue weighted by Crippen LogP contribution is 2.47. The Balaban J connectivity index is 1.74. The number of rotatable bonds is 5. The number of carbonyl (C=O) groups excluding carboxylic acids is 2. The van der Waals surface area contributed by atoms with Crippen LogP contribution in [-0.2, 0) is 9.59 Å². The molecule has 25 heavy (non-hydrogen) atoms. The van der Waals surface area contributed by atoms with Gasteiger partial charge in [-0.1, -0.05) is 38.1 Å². The van der Waals surface area contributed by atoms with Crippen LogP contribution in [0.25, 0.3) is 0 Å². The van der Waals surface area contributed by atoms with Crippen molar-refractivity contribution in [3.05, 3.63) is 59.9 Å². The van der Waals surface area contributed by atoms with E-state index in [0.29, 0.717) is 18.5 Å². The Morgan fingerprint density at radius 3 is 2.32 bits per heavy atom. The molecule has 1 fully saturated rings. The van der Waals surface area contributed by atoms with Gasteiger partial charge >= 0.3 is 0 Å². The molecular weight excluding hydrogens is 319 g/mol. The van der Waals surface area contributed by atoms with E-state index in [-0.39, 0.29) is 11.8 Å². The zero-order chi connectivity index (χ0) is 18.0. The van der Waals surface area contributed by atoms with Crippen LogP contribution in [0.3, 0.4) is 0 Å². The van der Waals surface area contributed by atoms with Crippen molar-refractivity contribution in [2.24, 2.45) is 5.41 Å². The fraction of sp³-hybridized carbons (Fsp3) is 0.300. The van der Waals surface area contributed by atoms with Crippen LogP contribution in [0.15, 0.2) is 48.5 Å². The summed E-state index contributed by atoms with van der Waals surface area (Å²) < 4.78 is 13.3. The number of amides is 2. The maximum absolute atomic E-state index is 13.3. The van der Waals surface area contributed by atoms with Crippen molar-refractivity contribution < 1.29 is 14.0 Å². The minimum Gasteiger partial charge on any atom is -0.325 e. The predicted molar refractivity (Wildman–Crippen MR) is 95.9 cm³/mol. The average Bonchev–Trinajstić information content (AvgIpc) is 3.37. The molecule has 2 aromatic carbocycles. The van der Waals surface area contributed by atoms with Gasteiger partial charge in [0.1, 0.15) is 11.2 Å². The molecule has 4 nitrogen and oxygen atoms in total. The quantitative estimate of drug-likeness (QED) is 0.797. The molecule has 130 valence electrons. The van der Waals surface area contributed by atoms with Crippen molar-refractivity contribution in [2.45, 2.75) is 32.6 Å². The van der Waals surface area contributed by atoms with E-state index in [1.54, 1.807) is 6.07 Å². The lowest BCUT2D eigenvalue weighted by Crippen LogP contribution is -2.35. The van der Waals surface area contributed by atoms with Crippen LogP contribution in [-0.4, -0.2) is 11.8 Å². The molecule has 0 unspecified atom stereocenters. The monoisotopic (exact) mass is 340 g/mol. The highest BCUT2D eigenvalue weighted by molar-refractivity contribution is 6.17. The Hall–Kier alpha value is -2.69. The standard InChI is InChI=1S/C20H21FN2O2/c1-13(2)16-8-3-4-9-17(16)23-19(25)20(10-11-20)18(24)22-15-7-5-6-14(21)12-15/h3-9,12-13H,10-11H2,1-2H3,(H,22,24)(H,23,25). The number of carbonyl (C=O) groups is 2. The van der Waals surface area contributed by atoms with E-state index in [1.165, 1.54) is 18.2 Å². The van der Waals surface area contributed by atoms with Gasteiger partial charge < -0.3 is 10.6 Å². The van der Waals surface area contributed by atoms with Crippen LogP contribution in [0.5, 0.6) is 0 Å². The first-order valence-corrected chi connectivity index (χ1v) is 8.40. The third-order valence-electron chi connectivity index (χ3n) is 4.53. The lowest BCUT2D eigenvalue weighted by atomic mass is 9.99. The van der Waals surface area contributed by atoms with E-state index >= 15 is 0 Å². The molecular formula is C20H21FN2O2. The van der Waals surface area contributed by atoms with E-state index in [9.17, 15) is 14.0 Å². The fourth-order valence-electron chi connectivity index (χ4n) is 2.86. The molecule has 2 aromatic rings. The summed E-state index contributed by atoms with van der Waals surface area (Å²) in [5.41, 5.74) is 1.03. The lowest BCUT2D eigenvalue weighted by molar-refractivity contribution is -0.131. The maximum atomic E-state index is 13.3. The average molecular weight is 340 g/mol. The topological polar surface area (TPSA) is 58.2 Å². The second-order valence-corrected chi connectivity index (χ2v) is 6.74. The van der Waals surface area contributed by atoms with Crippen molar-refractivity contribution in [1.82, 2.24) is 0 Å². The minimum atomic E-state index is -1.07. The SMILES string of the molecule is CC(C)c1ccccc1NC(=O)C1(C(=O)Nc2cccc(F)c2)CC1. The van der Waals surface area contributed by atoms with Crippen LogP contribution >= 0.6 is 0 Å². The first-order valence-electron chi connectivity index (χ1n) is 8.40. The van der Waals surface area contributed by atoms with Crippen molar-refractivity contribution >= 4 is 23.2 Å². The van der Waals surface area contributed by atoms with Crippen molar-refractivity contribution in [3.63, 3.8) is 0 Å². The van der Waals surface area contributed by atoms with Gasteiger partial charge in [0.15, 0.2) is 0 Å². The Kier molecular flexibility index (Phi) is 4.57. The Labute approximate surface area is 146 Å². The van der Waals surface area contributed by atoms with Gasteiger partial charge in [-0.2, -0.15) is 0 Å². The Morgan fingerprint density at radius 1 is 1.00 bits per heavy atom. The Morgan fingerprint density at radius 2 is 1.68 bits per heavy atom. The summed E-state index contributed by atoms with van der Waals surface area (Å²) in [6.07, 6.45) is 0.980. The second kappa shape index (κ2) is 6.67.